The van der Waals surface area contributed by atoms with Crippen molar-refractivity contribution >= 4 is 5.91 Å². The van der Waals surface area contributed by atoms with Crippen LogP contribution >= 0.6 is 0 Å². The summed E-state index contributed by atoms with van der Waals surface area (Å²) in [4.78, 5) is 16.1. The predicted molar refractivity (Wildman–Crippen MR) is 92.8 cm³/mol. The van der Waals surface area contributed by atoms with Gasteiger partial charge in [0, 0.05) is 37.7 Å². The molecule has 2 aromatic rings. The lowest BCUT2D eigenvalue weighted by molar-refractivity contribution is -0.126. The molecule has 0 unspecified atom stereocenters. The van der Waals surface area contributed by atoms with Crippen LogP contribution in [0.1, 0.15) is 5.56 Å². The zero-order valence-corrected chi connectivity index (χ0v) is 13.3. The molecule has 0 aliphatic carbocycles. The van der Waals surface area contributed by atoms with Crippen LogP contribution < -0.4 is 0 Å². The highest BCUT2D eigenvalue weighted by Crippen LogP contribution is 2.18. The standard InChI is InChI=1S/C20H20N2O/c1-21-13-15-22(16-14-21)20(23)12-9-17-7-10-19(11-8-17)18-5-3-2-4-6-18/h2-8,10-11H,13-16H2,1H3. The average Bonchev–Trinajstić information content (AvgIpc) is 2.61. The van der Waals surface area contributed by atoms with Gasteiger partial charge >= 0.3 is 0 Å². The van der Waals surface area contributed by atoms with Gasteiger partial charge in [0.2, 0.25) is 0 Å². The van der Waals surface area contributed by atoms with E-state index in [4.69, 9.17) is 0 Å². The summed E-state index contributed by atoms with van der Waals surface area (Å²) in [5.74, 6) is 5.66. The number of nitrogens with zero attached hydrogens (tertiary/aromatic N) is 2. The molecular weight excluding hydrogens is 284 g/mol. The Hall–Kier alpha value is -2.57. The van der Waals surface area contributed by atoms with Crippen molar-refractivity contribution in [3.05, 3.63) is 60.2 Å². The first-order valence-corrected chi connectivity index (χ1v) is 7.87. The lowest BCUT2D eigenvalue weighted by Gasteiger charge is -2.30. The highest BCUT2D eigenvalue weighted by atomic mass is 16.2. The number of likely N-dealkylation sites (N-methyl/N-ethyl adjacent to an activating group) is 1. The van der Waals surface area contributed by atoms with E-state index in [0.29, 0.717) is 0 Å². The van der Waals surface area contributed by atoms with Gasteiger partial charge in [-0.1, -0.05) is 48.4 Å². The highest BCUT2D eigenvalue weighted by molar-refractivity contribution is 5.94. The van der Waals surface area contributed by atoms with Gasteiger partial charge < -0.3 is 9.80 Å². The summed E-state index contributed by atoms with van der Waals surface area (Å²) >= 11 is 0. The van der Waals surface area contributed by atoms with E-state index >= 15 is 0 Å². The van der Waals surface area contributed by atoms with E-state index < -0.39 is 0 Å². The summed E-state index contributed by atoms with van der Waals surface area (Å²) in [6.45, 7) is 3.35. The Morgan fingerprint density at radius 1 is 0.870 bits per heavy atom. The number of hydrogen-bond acceptors (Lipinski definition) is 2. The van der Waals surface area contributed by atoms with Gasteiger partial charge in [-0.25, -0.2) is 0 Å². The zero-order valence-electron chi connectivity index (χ0n) is 13.3. The van der Waals surface area contributed by atoms with Crippen LogP contribution in [-0.4, -0.2) is 48.9 Å². The van der Waals surface area contributed by atoms with Crippen LogP contribution in [0.5, 0.6) is 0 Å². The third-order valence-corrected chi connectivity index (χ3v) is 4.10. The first-order valence-electron chi connectivity index (χ1n) is 7.87. The molecule has 0 radical (unpaired) electrons. The lowest BCUT2D eigenvalue weighted by atomic mass is 10.0. The molecule has 0 bridgehead atoms. The fourth-order valence-electron chi connectivity index (χ4n) is 2.59. The minimum absolute atomic E-state index is 0.0785. The number of carbonyl (C=O) groups is 1. The monoisotopic (exact) mass is 304 g/mol. The van der Waals surface area contributed by atoms with Gasteiger partial charge in [0.05, 0.1) is 0 Å². The highest BCUT2D eigenvalue weighted by Gasteiger charge is 2.17. The maximum absolute atomic E-state index is 12.1. The molecule has 23 heavy (non-hydrogen) atoms. The van der Waals surface area contributed by atoms with Crippen molar-refractivity contribution < 1.29 is 4.79 Å². The molecule has 0 saturated carbocycles. The van der Waals surface area contributed by atoms with Crippen molar-refractivity contribution in [2.75, 3.05) is 33.2 Å². The molecule has 0 spiro atoms. The maximum atomic E-state index is 12.1. The van der Waals surface area contributed by atoms with E-state index in [1.54, 1.807) is 0 Å². The Morgan fingerprint density at radius 3 is 2.13 bits per heavy atom. The number of carbonyl (C=O) groups excluding carboxylic acids is 1. The van der Waals surface area contributed by atoms with Crippen molar-refractivity contribution in [3.8, 4) is 23.0 Å². The van der Waals surface area contributed by atoms with Gasteiger partial charge in [-0.15, -0.1) is 0 Å². The van der Waals surface area contributed by atoms with Gasteiger partial charge in [-0.05, 0) is 30.3 Å². The smallest absolute Gasteiger partial charge is 0.298 e. The molecule has 116 valence electrons. The summed E-state index contributed by atoms with van der Waals surface area (Å²) in [7, 11) is 2.07. The Kier molecular flexibility index (Phi) is 4.75. The van der Waals surface area contributed by atoms with Gasteiger partial charge in [-0.3, -0.25) is 4.79 Å². The van der Waals surface area contributed by atoms with Crippen LogP contribution in [-0.2, 0) is 4.79 Å². The van der Waals surface area contributed by atoms with Crippen LogP contribution in [0.4, 0.5) is 0 Å². The second kappa shape index (κ2) is 7.13. The average molecular weight is 304 g/mol. The molecular formula is C20H20N2O. The van der Waals surface area contributed by atoms with E-state index in [1.807, 2.05) is 47.4 Å². The fraction of sp³-hybridized carbons (Fsp3) is 0.250. The minimum atomic E-state index is -0.0785. The third-order valence-electron chi connectivity index (χ3n) is 4.10. The van der Waals surface area contributed by atoms with Gasteiger partial charge in [0.1, 0.15) is 0 Å². The summed E-state index contributed by atoms with van der Waals surface area (Å²) < 4.78 is 0. The minimum Gasteiger partial charge on any atom is -0.329 e. The van der Waals surface area contributed by atoms with E-state index in [2.05, 4.69) is 35.9 Å². The molecule has 3 nitrogen and oxygen atoms in total. The van der Waals surface area contributed by atoms with Crippen molar-refractivity contribution in [2.45, 2.75) is 0 Å². The largest absolute Gasteiger partial charge is 0.329 e. The first-order chi connectivity index (χ1) is 11.2. The molecule has 1 fully saturated rings. The Labute approximate surface area is 137 Å². The van der Waals surface area contributed by atoms with Crippen LogP contribution in [0.2, 0.25) is 0 Å². The van der Waals surface area contributed by atoms with Crippen LogP contribution in [0.25, 0.3) is 11.1 Å². The second-order valence-electron chi connectivity index (χ2n) is 5.79. The summed E-state index contributed by atoms with van der Waals surface area (Å²) in [5, 5.41) is 0. The Bertz CT molecular complexity index is 718. The predicted octanol–water partition coefficient (Wildman–Crippen LogP) is 2.48. The number of hydrogen-bond donors (Lipinski definition) is 0. The molecule has 1 amide bonds. The van der Waals surface area contributed by atoms with Gasteiger partial charge in [0.15, 0.2) is 0 Å². The number of benzene rings is 2. The van der Waals surface area contributed by atoms with Crippen LogP contribution in [0.15, 0.2) is 54.6 Å². The van der Waals surface area contributed by atoms with Gasteiger partial charge in [0.25, 0.3) is 5.91 Å². The summed E-state index contributed by atoms with van der Waals surface area (Å²) in [6.07, 6.45) is 0. The van der Waals surface area contributed by atoms with Crippen molar-refractivity contribution in [1.29, 1.82) is 0 Å². The number of piperazine rings is 1. The molecule has 3 heteroatoms. The van der Waals surface area contributed by atoms with Crippen LogP contribution in [0, 0.1) is 11.8 Å². The molecule has 1 heterocycles. The normalized spacial score (nSPS) is 14.9. The number of amides is 1. The molecule has 2 aromatic carbocycles. The molecule has 1 saturated heterocycles. The molecule has 1 aliphatic heterocycles. The molecule has 1 aliphatic rings. The van der Waals surface area contributed by atoms with Gasteiger partial charge in [-0.2, -0.15) is 0 Å². The van der Waals surface area contributed by atoms with E-state index in [-0.39, 0.29) is 5.91 Å². The first kappa shape index (κ1) is 15.3. The van der Waals surface area contributed by atoms with E-state index in [1.165, 1.54) is 5.56 Å². The molecule has 3 rings (SSSR count). The molecule has 0 aromatic heterocycles. The fourth-order valence-corrected chi connectivity index (χ4v) is 2.59. The molecule has 0 atom stereocenters. The zero-order chi connectivity index (χ0) is 16.1. The topological polar surface area (TPSA) is 23.6 Å². The van der Waals surface area contributed by atoms with Crippen molar-refractivity contribution in [2.24, 2.45) is 0 Å². The molecule has 0 N–H and O–H groups in total. The van der Waals surface area contributed by atoms with Crippen molar-refractivity contribution in [3.63, 3.8) is 0 Å². The van der Waals surface area contributed by atoms with E-state index in [9.17, 15) is 4.79 Å². The second-order valence-corrected chi connectivity index (χ2v) is 5.79. The maximum Gasteiger partial charge on any atom is 0.298 e. The Balaban J connectivity index is 1.66. The lowest BCUT2D eigenvalue weighted by Crippen LogP contribution is -2.46. The van der Waals surface area contributed by atoms with Crippen LogP contribution in [0.3, 0.4) is 0 Å². The quantitative estimate of drug-likeness (QED) is 0.756. The Morgan fingerprint density at radius 2 is 1.48 bits per heavy atom. The number of rotatable bonds is 1. The van der Waals surface area contributed by atoms with Crippen molar-refractivity contribution in [1.82, 2.24) is 9.80 Å². The SMILES string of the molecule is CN1CCN(C(=O)C#Cc2ccc(-c3ccccc3)cc2)CC1. The third kappa shape index (κ3) is 4.00. The summed E-state index contributed by atoms with van der Waals surface area (Å²) in [5.41, 5.74) is 3.20. The summed E-state index contributed by atoms with van der Waals surface area (Å²) in [6, 6.07) is 18.2. The van der Waals surface area contributed by atoms with E-state index in [0.717, 1.165) is 37.3 Å².